The summed E-state index contributed by atoms with van der Waals surface area (Å²) in [5.74, 6) is -0.776. The van der Waals surface area contributed by atoms with Gasteiger partial charge in [-0.25, -0.2) is 14.8 Å². The van der Waals surface area contributed by atoms with Gasteiger partial charge in [-0.1, -0.05) is 30.3 Å². The Balaban J connectivity index is 1.61. The van der Waals surface area contributed by atoms with Crippen LogP contribution in [0.2, 0.25) is 0 Å². The van der Waals surface area contributed by atoms with Crippen molar-refractivity contribution in [1.29, 1.82) is 0 Å². The molecule has 0 spiro atoms. The number of carbonyl (C=O) groups excluding carboxylic acids is 1. The third-order valence-corrected chi connectivity index (χ3v) is 4.59. The van der Waals surface area contributed by atoms with E-state index in [4.69, 9.17) is 0 Å². The number of anilines is 3. The van der Waals surface area contributed by atoms with Gasteiger partial charge in [0.15, 0.2) is 0 Å². The van der Waals surface area contributed by atoms with E-state index >= 15 is 0 Å². The van der Waals surface area contributed by atoms with Gasteiger partial charge in [-0.05, 0) is 17.7 Å². The molecule has 0 saturated carbocycles. The maximum absolute atomic E-state index is 11.6. The predicted octanol–water partition coefficient (Wildman–Crippen LogP) is 1.70. The first kappa shape index (κ1) is 19.3. The van der Waals surface area contributed by atoms with Crippen molar-refractivity contribution in [1.82, 2.24) is 20.3 Å². The summed E-state index contributed by atoms with van der Waals surface area (Å²) in [4.78, 5) is 35.9. The third kappa shape index (κ3) is 3.89. The second-order valence-electron chi connectivity index (χ2n) is 6.55. The molecule has 3 aromatic rings. The number of aliphatic hydroxyl groups is 1. The number of rotatable bonds is 7. The molecular weight excluding hydrogens is 388 g/mol. The normalized spacial score (nSPS) is 13.3. The summed E-state index contributed by atoms with van der Waals surface area (Å²) in [7, 11) is 0. The lowest BCUT2D eigenvalue weighted by molar-refractivity contribution is 0.0696. The highest BCUT2D eigenvalue weighted by atomic mass is 16.4. The Morgan fingerprint density at radius 3 is 2.70 bits per heavy atom. The topological polar surface area (TPSA) is 149 Å². The van der Waals surface area contributed by atoms with Crippen LogP contribution < -0.4 is 16.0 Å². The molecule has 1 aromatic carbocycles. The zero-order valence-electron chi connectivity index (χ0n) is 15.7. The summed E-state index contributed by atoms with van der Waals surface area (Å²) in [5.41, 5.74) is 1.77. The number of hydrogen-bond donors (Lipinski definition) is 5. The van der Waals surface area contributed by atoms with Gasteiger partial charge < -0.3 is 26.2 Å². The van der Waals surface area contributed by atoms with Crippen molar-refractivity contribution < 1.29 is 19.8 Å². The molecule has 4 rings (SSSR count). The molecule has 0 saturated heterocycles. The van der Waals surface area contributed by atoms with Gasteiger partial charge in [-0.15, -0.1) is 0 Å². The van der Waals surface area contributed by atoms with Gasteiger partial charge in [0.05, 0.1) is 30.5 Å². The minimum absolute atomic E-state index is 0.0564. The summed E-state index contributed by atoms with van der Waals surface area (Å²) in [5, 5.41) is 27.8. The first-order chi connectivity index (χ1) is 14.5. The van der Waals surface area contributed by atoms with Crippen LogP contribution in [0, 0.1) is 0 Å². The minimum Gasteiger partial charge on any atom is -0.477 e. The van der Waals surface area contributed by atoms with Gasteiger partial charge in [0.2, 0.25) is 5.95 Å². The number of carboxylic acid groups (broad SMARTS) is 1. The monoisotopic (exact) mass is 406 g/mol. The Morgan fingerprint density at radius 1 is 1.17 bits per heavy atom. The zero-order valence-corrected chi connectivity index (χ0v) is 15.7. The zero-order chi connectivity index (χ0) is 21.1. The molecule has 152 valence electrons. The Bertz CT molecular complexity index is 1110. The minimum atomic E-state index is -1.20. The molecule has 10 heteroatoms. The molecular formula is C20H18N6O4. The molecule has 1 amide bonds. The SMILES string of the molecule is O=C1NCc2nc(Nc3ncc(C(=O)O)c(N[C@H](CO)c4ccccc4)n3)ccc21. The van der Waals surface area contributed by atoms with Crippen molar-refractivity contribution in [3.05, 3.63) is 71.0 Å². The lowest BCUT2D eigenvalue weighted by Crippen LogP contribution is -2.19. The molecule has 0 bridgehead atoms. The number of aliphatic hydroxyl groups excluding tert-OH is 1. The maximum Gasteiger partial charge on any atom is 0.341 e. The fourth-order valence-electron chi connectivity index (χ4n) is 3.08. The van der Waals surface area contributed by atoms with E-state index in [2.05, 4.69) is 30.9 Å². The molecule has 0 aliphatic carbocycles. The van der Waals surface area contributed by atoms with Gasteiger partial charge in [-0.2, -0.15) is 4.98 Å². The highest BCUT2D eigenvalue weighted by Crippen LogP contribution is 2.23. The molecule has 0 fully saturated rings. The fraction of sp³-hybridized carbons (Fsp3) is 0.150. The van der Waals surface area contributed by atoms with Gasteiger partial charge >= 0.3 is 5.97 Å². The van der Waals surface area contributed by atoms with Crippen molar-refractivity contribution in [2.24, 2.45) is 0 Å². The molecule has 3 heterocycles. The van der Waals surface area contributed by atoms with Crippen molar-refractivity contribution in [2.45, 2.75) is 12.6 Å². The molecule has 2 aromatic heterocycles. The predicted molar refractivity (Wildman–Crippen MR) is 108 cm³/mol. The van der Waals surface area contributed by atoms with Crippen molar-refractivity contribution >= 4 is 29.5 Å². The van der Waals surface area contributed by atoms with Crippen LogP contribution in [0.4, 0.5) is 17.6 Å². The number of nitrogens with one attached hydrogen (secondary N) is 3. The highest BCUT2D eigenvalue weighted by Gasteiger charge is 2.21. The summed E-state index contributed by atoms with van der Waals surface area (Å²) in [6, 6.07) is 11.8. The van der Waals surface area contributed by atoms with Crippen LogP contribution in [0.1, 0.15) is 38.0 Å². The summed E-state index contributed by atoms with van der Waals surface area (Å²) >= 11 is 0. The lowest BCUT2D eigenvalue weighted by atomic mass is 10.1. The molecule has 5 N–H and O–H groups in total. The first-order valence-electron chi connectivity index (χ1n) is 9.13. The summed E-state index contributed by atoms with van der Waals surface area (Å²) in [6.07, 6.45) is 1.18. The molecule has 1 aliphatic heterocycles. The van der Waals surface area contributed by atoms with E-state index in [1.54, 1.807) is 12.1 Å². The van der Waals surface area contributed by atoms with E-state index < -0.39 is 12.0 Å². The number of amides is 1. The van der Waals surface area contributed by atoms with Crippen LogP contribution in [0.15, 0.2) is 48.7 Å². The van der Waals surface area contributed by atoms with Crippen molar-refractivity contribution in [2.75, 3.05) is 17.2 Å². The molecule has 30 heavy (non-hydrogen) atoms. The molecule has 1 aliphatic rings. The van der Waals surface area contributed by atoms with Crippen LogP contribution >= 0.6 is 0 Å². The average Bonchev–Trinajstić information content (AvgIpc) is 3.12. The standard InChI is InChI=1S/C20H18N6O4/c27-10-15(11-4-2-1-3-5-11)24-17-13(19(29)30)8-22-20(26-17)25-16-7-6-12-14(23-16)9-21-18(12)28/h1-8,15,27H,9-10H2,(H,21,28)(H,29,30)(H2,22,23,24,25,26)/t15-/m1/s1. The number of aromatic carboxylic acids is 1. The average molecular weight is 406 g/mol. The number of carbonyl (C=O) groups is 2. The Labute approximate surface area is 171 Å². The number of benzene rings is 1. The van der Waals surface area contributed by atoms with E-state index in [0.717, 1.165) is 5.56 Å². The Hall–Kier alpha value is -4.05. The van der Waals surface area contributed by atoms with E-state index in [1.165, 1.54) is 6.20 Å². The molecule has 10 nitrogen and oxygen atoms in total. The van der Waals surface area contributed by atoms with E-state index in [-0.39, 0.29) is 29.8 Å². The van der Waals surface area contributed by atoms with Crippen molar-refractivity contribution in [3.8, 4) is 0 Å². The van der Waals surface area contributed by atoms with E-state index in [1.807, 2.05) is 30.3 Å². The van der Waals surface area contributed by atoms with Crippen LogP contribution in [-0.4, -0.2) is 43.6 Å². The van der Waals surface area contributed by atoms with Gasteiger partial charge in [0, 0.05) is 6.20 Å². The Morgan fingerprint density at radius 2 is 1.97 bits per heavy atom. The molecule has 0 radical (unpaired) electrons. The van der Waals surface area contributed by atoms with Crippen LogP contribution in [-0.2, 0) is 6.54 Å². The lowest BCUT2D eigenvalue weighted by Gasteiger charge is -2.19. The smallest absolute Gasteiger partial charge is 0.341 e. The number of nitrogens with zero attached hydrogens (tertiary/aromatic N) is 3. The molecule has 1 atom stereocenters. The van der Waals surface area contributed by atoms with Gasteiger partial charge in [0.1, 0.15) is 17.2 Å². The summed E-state index contributed by atoms with van der Waals surface area (Å²) in [6.45, 7) is 0.0772. The summed E-state index contributed by atoms with van der Waals surface area (Å²) < 4.78 is 0. The third-order valence-electron chi connectivity index (χ3n) is 4.59. The van der Waals surface area contributed by atoms with Crippen LogP contribution in [0.25, 0.3) is 0 Å². The van der Waals surface area contributed by atoms with Crippen LogP contribution in [0.3, 0.4) is 0 Å². The quantitative estimate of drug-likeness (QED) is 0.395. The second kappa shape index (κ2) is 8.13. The van der Waals surface area contributed by atoms with Crippen molar-refractivity contribution in [3.63, 3.8) is 0 Å². The number of fused-ring (bicyclic) bond motifs is 1. The number of hydrogen-bond acceptors (Lipinski definition) is 8. The van der Waals surface area contributed by atoms with Gasteiger partial charge in [-0.3, -0.25) is 4.79 Å². The number of aromatic nitrogens is 3. The maximum atomic E-state index is 11.6. The number of pyridine rings is 1. The fourth-order valence-corrected chi connectivity index (χ4v) is 3.08. The Kier molecular flexibility index (Phi) is 5.22. The first-order valence-corrected chi connectivity index (χ1v) is 9.13. The van der Waals surface area contributed by atoms with E-state index in [9.17, 15) is 19.8 Å². The highest BCUT2D eigenvalue weighted by molar-refractivity contribution is 5.98. The second-order valence-corrected chi connectivity index (χ2v) is 6.55. The van der Waals surface area contributed by atoms with E-state index in [0.29, 0.717) is 23.6 Å². The van der Waals surface area contributed by atoms with Gasteiger partial charge in [0.25, 0.3) is 5.91 Å². The molecule has 0 unspecified atom stereocenters. The van der Waals surface area contributed by atoms with Crippen LogP contribution in [0.5, 0.6) is 0 Å². The number of carboxylic acids is 1. The largest absolute Gasteiger partial charge is 0.477 e.